The molecule has 6 heteroatoms. The normalized spacial score (nSPS) is 10.4. The number of anilines is 1. The van der Waals surface area contributed by atoms with Gasteiger partial charge < -0.3 is 10.6 Å². The maximum Gasteiger partial charge on any atom is 0.225 e. The van der Waals surface area contributed by atoms with E-state index in [4.69, 9.17) is 11.6 Å². The molecule has 2 N–H and O–H groups in total. The summed E-state index contributed by atoms with van der Waals surface area (Å²) in [5, 5.41) is 5.82. The van der Waals surface area contributed by atoms with E-state index in [0.717, 1.165) is 5.56 Å². The van der Waals surface area contributed by atoms with E-state index in [2.05, 4.69) is 15.6 Å². The number of hydrogen-bond donors (Lipinski definition) is 2. The maximum absolute atomic E-state index is 13.0. The van der Waals surface area contributed by atoms with Crippen molar-refractivity contribution >= 4 is 23.2 Å². The number of halogens is 2. The minimum atomic E-state index is -0.506. The van der Waals surface area contributed by atoms with Crippen LogP contribution in [0.5, 0.6) is 0 Å². The number of carbonyl (C=O) groups excluding carboxylic acids is 1. The Bertz CT molecular complexity index is 607. The summed E-state index contributed by atoms with van der Waals surface area (Å²) in [5.41, 5.74) is 1.59. The molecule has 0 fully saturated rings. The first-order chi connectivity index (χ1) is 10.1. The molecule has 0 saturated carbocycles. The van der Waals surface area contributed by atoms with Gasteiger partial charge in [0.2, 0.25) is 5.91 Å². The fraction of sp³-hybridized carbons (Fsp3) is 0.200. The molecule has 2 rings (SSSR count). The molecule has 0 atom stereocenters. The molecule has 1 aromatic carbocycles. The number of rotatable bonds is 6. The van der Waals surface area contributed by atoms with Crippen LogP contribution < -0.4 is 10.6 Å². The van der Waals surface area contributed by atoms with Crippen LogP contribution >= 0.6 is 11.6 Å². The number of pyridine rings is 1. The molecule has 4 nitrogen and oxygen atoms in total. The second-order valence-corrected chi connectivity index (χ2v) is 4.87. The number of hydrogen-bond acceptors (Lipinski definition) is 3. The molecule has 0 spiro atoms. The lowest BCUT2D eigenvalue weighted by Gasteiger charge is -2.07. The number of nitrogens with zero attached hydrogens (tertiary/aromatic N) is 1. The van der Waals surface area contributed by atoms with Crippen molar-refractivity contribution in [2.75, 3.05) is 11.9 Å². The molecule has 0 aliphatic rings. The van der Waals surface area contributed by atoms with Crippen LogP contribution in [-0.2, 0) is 11.3 Å². The van der Waals surface area contributed by atoms with E-state index in [1.54, 1.807) is 12.4 Å². The van der Waals surface area contributed by atoms with Gasteiger partial charge >= 0.3 is 0 Å². The van der Waals surface area contributed by atoms with Crippen molar-refractivity contribution < 1.29 is 9.18 Å². The van der Waals surface area contributed by atoms with E-state index >= 15 is 0 Å². The first-order valence-corrected chi connectivity index (χ1v) is 6.87. The summed E-state index contributed by atoms with van der Waals surface area (Å²) in [6, 6.07) is 7.91. The highest BCUT2D eigenvalue weighted by atomic mass is 35.5. The molecule has 0 bridgehead atoms. The minimum Gasteiger partial charge on any atom is -0.326 e. The first-order valence-electron chi connectivity index (χ1n) is 6.49. The van der Waals surface area contributed by atoms with E-state index in [9.17, 15) is 9.18 Å². The summed E-state index contributed by atoms with van der Waals surface area (Å²) in [4.78, 5) is 15.7. The standard InChI is InChI=1S/C15H15ClFN3O/c16-13-9-12(1-2-14(13)17)20-15(21)5-8-19-10-11-3-6-18-7-4-11/h1-4,6-7,9,19H,5,8,10H2,(H,20,21). The Hall–Kier alpha value is -1.98. The molecular formula is C15H15ClFN3O. The summed E-state index contributed by atoms with van der Waals surface area (Å²) >= 11 is 5.65. The molecule has 2 aromatic rings. The Morgan fingerprint density at radius 1 is 1.24 bits per heavy atom. The third-order valence-electron chi connectivity index (χ3n) is 2.81. The quantitative estimate of drug-likeness (QED) is 0.807. The SMILES string of the molecule is O=C(CCNCc1ccncc1)Nc1ccc(F)c(Cl)c1. The zero-order valence-corrected chi connectivity index (χ0v) is 12.0. The fourth-order valence-electron chi connectivity index (χ4n) is 1.73. The average Bonchev–Trinajstić information content (AvgIpc) is 2.49. The summed E-state index contributed by atoms with van der Waals surface area (Å²) in [6.07, 6.45) is 3.77. The number of benzene rings is 1. The molecular weight excluding hydrogens is 293 g/mol. The first kappa shape index (κ1) is 15.4. The Labute approximate surface area is 127 Å². The average molecular weight is 308 g/mol. The smallest absolute Gasteiger partial charge is 0.225 e. The lowest BCUT2D eigenvalue weighted by molar-refractivity contribution is -0.116. The minimum absolute atomic E-state index is 0.0105. The summed E-state index contributed by atoms with van der Waals surface area (Å²) in [5.74, 6) is -0.659. The van der Waals surface area contributed by atoms with Gasteiger partial charge in [0.25, 0.3) is 0 Å². The lowest BCUT2D eigenvalue weighted by atomic mass is 10.2. The van der Waals surface area contributed by atoms with Gasteiger partial charge in [-0.15, -0.1) is 0 Å². The van der Waals surface area contributed by atoms with Crippen LogP contribution in [0.15, 0.2) is 42.7 Å². The summed E-state index contributed by atoms with van der Waals surface area (Å²) in [6.45, 7) is 1.22. The van der Waals surface area contributed by atoms with Gasteiger partial charge in [0.05, 0.1) is 5.02 Å². The van der Waals surface area contributed by atoms with Crippen molar-refractivity contribution in [2.24, 2.45) is 0 Å². The summed E-state index contributed by atoms with van der Waals surface area (Å²) in [7, 11) is 0. The number of amides is 1. The van der Waals surface area contributed by atoms with Gasteiger partial charge in [-0.1, -0.05) is 11.6 Å². The van der Waals surface area contributed by atoms with E-state index in [-0.39, 0.29) is 10.9 Å². The zero-order valence-electron chi connectivity index (χ0n) is 11.3. The van der Waals surface area contributed by atoms with Crippen LogP contribution in [0, 0.1) is 5.82 Å². The van der Waals surface area contributed by atoms with Crippen molar-refractivity contribution in [3.8, 4) is 0 Å². The monoisotopic (exact) mass is 307 g/mol. The Morgan fingerprint density at radius 2 is 2.00 bits per heavy atom. The highest BCUT2D eigenvalue weighted by molar-refractivity contribution is 6.31. The van der Waals surface area contributed by atoms with Crippen LogP contribution in [0.25, 0.3) is 0 Å². The fourth-order valence-corrected chi connectivity index (χ4v) is 1.91. The van der Waals surface area contributed by atoms with Crippen LogP contribution in [0.4, 0.5) is 10.1 Å². The molecule has 21 heavy (non-hydrogen) atoms. The van der Waals surface area contributed by atoms with Gasteiger partial charge in [-0.25, -0.2) is 4.39 Å². The molecule has 0 saturated heterocycles. The Morgan fingerprint density at radius 3 is 2.71 bits per heavy atom. The third kappa shape index (κ3) is 5.13. The van der Waals surface area contributed by atoms with Crippen molar-refractivity contribution in [3.05, 3.63) is 59.1 Å². The van der Waals surface area contributed by atoms with Crippen LogP contribution in [0.3, 0.4) is 0 Å². The maximum atomic E-state index is 13.0. The van der Waals surface area contributed by atoms with Gasteiger partial charge in [0, 0.05) is 37.6 Å². The van der Waals surface area contributed by atoms with Gasteiger partial charge in [-0.05, 0) is 35.9 Å². The van der Waals surface area contributed by atoms with Gasteiger partial charge in [0.15, 0.2) is 0 Å². The lowest BCUT2D eigenvalue weighted by Crippen LogP contribution is -2.21. The Kier molecular flexibility index (Phi) is 5.66. The summed E-state index contributed by atoms with van der Waals surface area (Å²) < 4.78 is 13.0. The predicted molar refractivity (Wildman–Crippen MR) is 80.6 cm³/mol. The van der Waals surface area contributed by atoms with Crippen molar-refractivity contribution in [1.82, 2.24) is 10.3 Å². The molecule has 110 valence electrons. The Balaban J connectivity index is 1.71. The molecule has 1 amide bonds. The predicted octanol–water partition coefficient (Wildman–Crippen LogP) is 2.99. The van der Waals surface area contributed by atoms with E-state index < -0.39 is 5.82 Å². The van der Waals surface area contributed by atoms with E-state index in [1.807, 2.05) is 12.1 Å². The van der Waals surface area contributed by atoms with Crippen molar-refractivity contribution in [3.63, 3.8) is 0 Å². The highest BCUT2D eigenvalue weighted by Crippen LogP contribution is 2.19. The molecule has 0 aliphatic carbocycles. The molecule has 0 unspecified atom stereocenters. The van der Waals surface area contributed by atoms with E-state index in [0.29, 0.717) is 25.2 Å². The molecule has 0 aliphatic heterocycles. The van der Waals surface area contributed by atoms with Crippen molar-refractivity contribution in [1.29, 1.82) is 0 Å². The van der Waals surface area contributed by atoms with Gasteiger partial charge in [-0.3, -0.25) is 9.78 Å². The molecule has 0 radical (unpaired) electrons. The van der Waals surface area contributed by atoms with Crippen LogP contribution in [0.2, 0.25) is 5.02 Å². The van der Waals surface area contributed by atoms with Crippen molar-refractivity contribution in [2.45, 2.75) is 13.0 Å². The highest BCUT2D eigenvalue weighted by Gasteiger charge is 2.05. The molecule has 1 heterocycles. The van der Waals surface area contributed by atoms with Gasteiger partial charge in [-0.2, -0.15) is 0 Å². The topological polar surface area (TPSA) is 54.0 Å². The number of aromatic nitrogens is 1. The number of nitrogens with one attached hydrogen (secondary N) is 2. The zero-order chi connectivity index (χ0) is 15.1. The number of carbonyl (C=O) groups is 1. The third-order valence-corrected chi connectivity index (χ3v) is 3.10. The molecule has 1 aromatic heterocycles. The second kappa shape index (κ2) is 7.71. The largest absolute Gasteiger partial charge is 0.326 e. The van der Waals surface area contributed by atoms with Crippen LogP contribution in [-0.4, -0.2) is 17.4 Å². The van der Waals surface area contributed by atoms with Gasteiger partial charge in [0.1, 0.15) is 5.82 Å². The van der Waals surface area contributed by atoms with Crippen LogP contribution in [0.1, 0.15) is 12.0 Å². The second-order valence-electron chi connectivity index (χ2n) is 4.46. The van der Waals surface area contributed by atoms with E-state index in [1.165, 1.54) is 18.2 Å².